The van der Waals surface area contributed by atoms with Crippen LogP contribution in [0.5, 0.6) is 17.4 Å². The van der Waals surface area contributed by atoms with Crippen LogP contribution in [-0.2, 0) is 4.74 Å². The molecule has 170 valence electrons. The van der Waals surface area contributed by atoms with Crippen molar-refractivity contribution in [3.8, 4) is 17.4 Å². The molecule has 0 saturated carbocycles. The van der Waals surface area contributed by atoms with Crippen LogP contribution in [0.3, 0.4) is 0 Å². The fourth-order valence-electron chi connectivity index (χ4n) is 3.96. The van der Waals surface area contributed by atoms with Crippen LogP contribution in [0.2, 0.25) is 0 Å². The second kappa shape index (κ2) is 9.92. The summed E-state index contributed by atoms with van der Waals surface area (Å²) in [6, 6.07) is 17.7. The normalized spacial score (nSPS) is 17.4. The molecule has 1 aromatic heterocycles. The number of rotatable bonds is 6. The summed E-state index contributed by atoms with van der Waals surface area (Å²) in [5, 5.41) is 0. The van der Waals surface area contributed by atoms with Gasteiger partial charge in [-0.1, -0.05) is 48.1 Å². The van der Waals surface area contributed by atoms with Crippen molar-refractivity contribution in [3.05, 3.63) is 104 Å². The Bertz CT molecular complexity index is 1230. The van der Waals surface area contributed by atoms with E-state index in [0.29, 0.717) is 29.9 Å². The predicted octanol–water partition coefficient (Wildman–Crippen LogP) is 6.55. The second-order valence-corrected chi connectivity index (χ2v) is 8.22. The average molecular weight is 445 g/mol. The topological polar surface area (TPSA) is 57.9 Å². The van der Waals surface area contributed by atoms with Crippen molar-refractivity contribution in [2.45, 2.75) is 33.3 Å². The van der Waals surface area contributed by atoms with Gasteiger partial charge in [-0.3, -0.25) is 4.79 Å². The molecule has 0 radical (unpaired) electrons. The summed E-state index contributed by atoms with van der Waals surface area (Å²) in [5.41, 5.74) is 4.34. The minimum Gasteiger partial charge on any atom is -0.468 e. The van der Waals surface area contributed by atoms with E-state index in [2.05, 4.69) is 19.1 Å². The van der Waals surface area contributed by atoms with Gasteiger partial charge in [0.05, 0.1) is 19.3 Å². The number of benzene rings is 2. The Morgan fingerprint density at radius 3 is 2.39 bits per heavy atom. The lowest BCUT2D eigenvalue weighted by atomic mass is 10.0. The number of hydrogen-bond acceptors (Lipinski definition) is 5. The molecule has 2 aromatic carbocycles. The van der Waals surface area contributed by atoms with Crippen LogP contribution in [0.15, 0.2) is 81.0 Å². The molecule has 0 amide bonds. The summed E-state index contributed by atoms with van der Waals surface area (Å²) in [6.07, 6.45) is 4.63. The smallest absolute Gasteiger partial charge is 0.291 e. The summed E-state index contributed by atoms with van der Waals surface area (Å²) in [7, 11) is 1.50. The fraction of sp³-hybridized carbons (Fsp3) is 0.250. The molecule has 33 heavy (non-hydrogen) atoms. The molecular weight excluding hydrogens is 416 g/mol. The van der Waals surface area contributed by atoms with Gasteiger partial charge in [0.1, 0.15) is 23.4 Å². The van der Waals surface area contributed by atoms with Crippen LogP contribution in [0.1, 0.15) is 41.9 Å². The fourth-order valence-corrected chi connectivity index (χ4v) is 3.96. The third-order valence-electron chi connectivity index (χ3n) is 5.64. The molecule has 1 saturated heterocycles. The molecule has 3 aromatic rings. The van der Waals surface area contributed by atoms with E-state index in [9.17, 15) is 4.79 Å². The third-order valence-corrected chi connectivity index (χ3v) is 5.64. The molecule has 5 heteroatoms. The van der Waals surface area contributed by atoms with E-state index in [1.165, 1.54) is 7.11 Å². The molecule has 1 fully saturated rings. The van der Waals surface area contributed by atoms with Crippen molar-refractivity contribution in [1.82, 2.24) is 0 Å². The van der Waals surface area contributed by atoms with E-state index >= 15 is 0 Å². The molecule has 0 bridgehead atoms. The minimum atomic E-state index is -0.291. The highest BCUT2D eigenvalue weighted by Gasteiger charge is 2.28. The van der Waals surface area contributed by atoms with Gasteiger partial charge in [0, 0.05) is 12.0 Å². The standard InChI is InChI=1S/C28H28O5/c1-18(14-21-10-12-24(13-11-21)32-23-8-6-5-7-9-23)15-22-16-25(31-17-22)27-19(2)26(29)20(3)28(30-4)33-27/h5-15,25H,16-17H2,1-4H3/b18-14+,22-15-/t25-/m1/s1. The summed E-state index contributed by atoms with van der Waals surface area (Å²) >= 11 is 0. The number of allylic oxidation sites excluding steroid dienone is 2. The van der Waals surface area contributed by atoms with Gasteiger partial charge in [-0.2, -0.15) is 0 Å². The number of ether oxygens (including phenoxy) is 3. The van der Waals surface area contributed by atoms with Gasteiger partial charge in [-0.25, -0.2) is 0 Å². The largest absolute Gasteiger partial charge is 0.468 e. The van der Waals surface area contributed by atoms with Crippen LogP contribution >= 0.6 is 0 Å². The highest BCUT2D eigenvalue weighted by atomic mass is 16.6. The molecule has 4 rings (SSSR count). The van der Waals surface area contributed by atoms with Crippen LogP contribution in [0.4, 0.5) is 0 Å². The van der Waals surface area contributed by atoms with Gasteiger partial charge in [-0.05, 0) is 56.2 Å². The Balaban J connectivity index is 1.45. The van der Waals surface area contributed by atoms with Gasteiger partial charge >= 0.3 is 0 Å². The molecule has 0 aliphatic carbocycles. The Morgan fingerprint density at radius 2 is 1.70 bits per heavy atom. The zero-order valence-electron chi connectivity index (χ0n) is 19.4. The highest BCUT2D eigenvalue weighted by Crippen LogP contribution is 2.35. The van der Waals surface area contributed by atoms with Gasteiger partial charge in [-0.15, -0.1) is 0 Å². The number of para-hydroxylation sites is 1. The van der Waals surface area contributed by atoms with E-state index in [1.54, 1.807) is 13.8 Å². The predicted molar refractivity (Wildman–Crippen MR) is 129 cm³/mol. The molecule has 1 atom stereocenters. The first-order chi connectivity index (χ1) is 15.9. The van der Waals surface area contributed by atoms with Crippen LogP contribution in [-0.4, -0.2) is 13.7 Å². The van der Waals surface area contributed by atoms with E-state index in [0.717, 1.165) is 28.2 Å². The maximum Gasteiger partial charge on any atom is 0.291 e. The average Bonchev–Trinajstić information content (AvgIpc) is 3.27. The van der Waals surface area contributed by atoms with Gasteiger partial charge in [0.2, 0.25) is 0 Å². The van der Waals surface area contributed by atoms with Crippen molar-refractivity contribution in [2.75, 3.05) is 13.7 Å². The van der Waals surface area contributed by atoms with Crippen molar-refractivity contribution < 1.29 is 18.6 Å². The molecule has 0 unspecified atom stereocenters. The molecule has 1 aliphatic heterocycles. The first kappa shape index (κ1) is 22.6. The van der Waals surface area contributed by atoms with Crippen molar-refractivity contribution >= 4 is 6.08 Å². The van der Waals surface area contributed by atoms with Crippen molar-refractivity contribution in [2.24, 2.45) is 0 Å². The summed E-state index contributed by atoms with van der Waals surface area (Å²) < 4.78 is 22.9. The summed E-state index contributed by atoms with van der Waals surface area (Å²) in [4.78, 5) is 12.5. The first-order valence-electron chi connectivity index (χ1n) is 10.9. The van der Waals surface area contributed by atoms with E-state index < -0.39 is 0 Å². The second-order valence-electron chi connectivity index (χ2n) is 8.22. The maximum absolute atomic E-state index is 12.5. The Kier molecular flexibility index (Phi) is 6.80. The SMILES string of the molecule is COc1oc([C@H]2C/C(=C/C(C)=C/c3ccc(Oc4ccccc4)cc3)CO2)c(C)c(=O)c1C. The van der Waals surface area contributed by atoms with Crippen LogP contribution in [0.25, 0.3) is 6.08 Å². The number of hydrogen-bond donors (Lipinski definition) is 0. The molecule has 2 heterocycles. The lowest BCUT2D eigenvalue weighted by Crippen LogP contribution is -2.15. The molecule has 0 N–H and O–H groups in total. The van der Waals surface area contributed by atoms with Crippen LogP contribution in [0, 0.1) is 13.8 Å². The Morgan fingerprint density at radius 1 is 1.00 bits per heavy atom. The van der Waals surface area contributed by atoms with Crippen LogP contribution < -0.4 is 14.9 Å². The summed E-state index contributed by atoms with van der Waals surface area (Å²) in [5.74, 6) is 2.40. The quantitative estimate of drug-likeness (QED) is 0.432. The van der Waals surface area contributed by atoms with Gasteiger partial charge < -0.3 is 18.6 Å². The monoisotopic (exact) mass is 444 g/mol. The molecule has 5 nitrogen and oxygen atoms in total. The summed E-state index contributed by atoms with van der Waals surface area (Å²) in [6.45, 7) is 6.04. The lowest BCUT2D eigenvalue weighted by Gasteiger charge is -2.13. The van der Waals surface area contributed by atoms with E-state index in [4.69, 9.17) is 18.6 Å². The van der Waals surface area contributed by atoms with E-state index in [1.807, 2.05) is 54.6 Å². The third kappa shape index (κ3) is 5.26. The Hall–Kier alpha value is -3.57. The molecule has 1 aliphatic rings. The van der Waals surface area contributed by atoms with E-state index in [-0.39, 0.29) is 17.5 Å². The zero-order valence-corrected chi connectivity index (χ0v) is 19.4. The minimum absolute atomic E-state index is 0.0649. The first-order valence-corrected chi connectivity index (χ1v) is 10.9. The number of methoxy groups -OCH3 is 1. The van der Waals surface area contributed by atoms with Crippen molar-refractivity contribution in [1.29, 1.82) is 0 Å². The molecule has 0 spiro atoms. The lowest BCUT2D eigenvalue weighted by molar-refractivity contribution is 0.0880. The zero-order chi connectivity index (χ0) is 23.4. The maximum atomic E-state index is 12.5. The Labute approximate surface area is 193 Å². The van der Waals surface area contributed by atoms with Gasteiger partial charge in [0.25, 0.3) is 5.95 Å². The van der Waals surface area contributed by atoms with Crippen molar-refractivity contribution in [3.63, 3.8) is 0 Å². The molecular formula is C28H28O5. The van der Waals surface area contributed by atoms with Gasteiger partial charge in [0.15, 0.2) is 5.43 Å². The highest BCUT2D eigenvalue weighted by molar-refractivity contribution is 5.56.